The van der Waals surface area contributed by atoms with Crippen molar-refractivity contribution in [3.8, 4) is 0 Å². The number of rotatable bonds is 6. The van der Waals surface area contributed by atoms with Gasteiger partial charge in [0.05, 0.1) is 18.5 Å². The molecule has 0 radical (unpaired) electrons. The van der Waals surface area contributed by atoms with Crippen LogP contribution in [0.15, 0.2) is 47.1 Å². The third-order valence-corrected chi connectivity index (χ3v) is 5.07. The van der Waals surface area contributed by atoms with Gasteiger partial charge in [-0.2, -0.15) is 0 Å². The zero-order valence-corrected chi connectivity index (χ0v) is 15.8. The van der Waals surface area contributed by atoms with E-state index in [1.54, 1.807) is 24.5 Å². The van der Waals surface area contributed by atoms with E-state index in [1.165, 1.54) is 31.7 Å². The summed E-state index contributed by atoms with van der Waals surface area (Å²) >= 11 is 5.57. The predicted octanol–water partition coefficient (Wildman–Crippen LogP) is 4.49. The SMILES string of the molecule is Fc1ccccc1NC(=S)N(CCN1CCCCCC1)Cc1ccco1. The number of hydrogen-bond acceptors (Lipinski definition) is 3. The number of likely N-dealkylation sites (tertiary alicyclic amines) is 1. The Bertz CT molecular complexity index is 684. The fourth-order valence-electron chi connectivity index (χ4n) is 3.22. The average Bonchev–Trinajstić information content (AvgIpc) is 3.02. The Labute approximate surface area is 160 Å². The van der Waals surface area contributed by atoms with Crippen LogP contribution in [0.4, 0.5) is 10.1 Å². The second-order valence-corrected chi connectivity index (χ2v) is 7.05. The van der Waals surface area contributed by atoms with Gasteiger partial charge in [-0.1, -0.05) is 25.0 Å². The maximum Gasteiger partial charge on any atom is 0.173 e. The van der Waals surface area contributed by atoms with Crippen LogP contribution in [0.1, 0.15) is 31.4 Å². The van der Waals surface area contributed by atoms with E-state index in [4.69, 9.17) is 16.6 Å². The molecule has 0 spiro atoms. The Balaban J connectivity index is 1.63. The highest BCUT2D eigenvalue weighted by Gasteiger charge is 2.16. The van der Waals surface area contributed by atoms with Gasteiger partial charge in [0.1, 0.15) is 11.6 Å². The van der Waals surface area contributed by atoms with Gasteiger partial charge < -0.3 is 19.5 Å². The summed E-state index contributed by atoms with van der Waals surface area (Å²) in [7, 11) is 0. The molecule has 0 aliphatic carbocycles. The molecular weight excluding hydrogens is 349 g/mol. The predicted molar refractivity (Wildman–Crippen MR) is 107 cm³/mol. The lowest BCUT2D eigenvalue weighted by molar-refractivity contribution is 0.247. The van der Waals surface area contributed by atoms with Crippen molar-refractivity contribution in [1.29, 1.82) is 0 Å². The lowest BCUT2D eigenvalue weighted by Gasteiger charge is -2.28. The summed E-state index contributed by atoms with van der Waals surface area (Å²) in [4.78, 5) is 4.54. The molecule has 6 heteroatoms. The minimum absolute atomic E-state index is 0.305. The Hall–Kier alpha value is -1.92. The number of thiocarbonyl (C=S) groups is 1. The Morgan fingerprint density at radius 1 is 1.12 bits per heavy atom. The summed E-state index contributed by atoms with van der Waals surface area (Å²) in [6, 6.07) is 10.4. The van der Waals surface area contributed by atoms with Crippen LogP contribution in [0.5, 0.6) is 0 Å². The monoisotopic (exact) mass is 375 g/mol. The standard InChI is InChI=1S/C20H26FN3OS/c21-18-9-3-4-10-19(18)22-20(26)24(16-17-8-7-15-25-17)14-13-23-11-5-1-2-6-12-23/h3-4,7-10,15H,1-2,5-6,11-14,16H2,(H,22,26). The molecule has 0 unspecified atom stereocenters. The maximum absolute atomic E-state index is 13.9. The number of anilines is 1. The van der Waals surface area contributed by atoms with Gasteiger partial charge in [-0.3, -0.25) is 0 Å². The highest BCUT2D eigenvalue weighted by Crippen LogP contribution is 2.15. The molecule has 2 aromatic rings. The van der Waals surface area contributed by atoms with E-state index in [2.05, 4.69) is 10.2 Å². The largest absolute Gasteiger partial charge is 0.467 e. The highest BCUT2D eigenvalue weighted by molar-refractivity contribution is 7.80. The molecule has 4 nitrogen and oxygen atoms in total. The molecule has 2 heterocycles. The number of nitrogens with one attached hydrogen (secondary N) is 1. The van der Waals surface area contributed by atoms with Gasteiger partial charge in [0.25, 0.3) is 0 Å². The Morgan fingerprint density at radius 3 is 2.58 bits per heavy atom. The van der Waals surface area contributed by atoms with Crippen molar-refractivity contribution in [2.45, 2.75) is 32.2 Å². The number of furan rings is 1. The topological polar surface area (TPSA) is 31.6 Å². The lowest BCUT2D eigenvalue weighted by atomic mass is 10.2. The summed E-state index contributed by atoms with van der Waals surface area (Å²) in [5, 5.41) is 3.56. The van der Waals surface area contributed by atoms with Gasteiger partial charge in [-0.05, 0) is 62.4 Å². The van der Waals surface area contributed by atoms with E-state index < -0.39 is 0 Å². The van der Waals surface area contributed by atoms with Crippen molar-refractivity contribution in [2.75, 3.05) is 31.5 Å². The van der Waals surface area contributed by atoms with Crippen molar-refractivity contribution >= 4 is 23.0 Å². The van der Waals surface area contributed by atoms with E-state index in [9.17, 15) is 4.39 Å². The molecule has 0 bridgehead atoms. The summed E-state index contributed by atoms with van der Waals surface area (Å²) in [6.45, 7) is 4.58. The van der Waals surface area contributed by atoms with Crippen LogP contribution in [0.3, 0.4) is 0 Å². The number of hydrogen-bond donors (Lipinski definition) is 1. The van der Waals surface area contributed by atoms with Crippen LogP contribution in [0, 0.1) is 5.82 Å². The van der Waals surface area contributed by atoms with Gasteiger partial charge in [0, 0.05) is 13.1 Å². The van der Waals surface area contributed by atoms with E-state index in [1.807, 2.05) is 17.0 Å². The van der Waals surface area contributed by atoms with Crippen LogP contribution in [0.2, 0.25) is 0 Å². The molecule has 1 aliphatic heterocycles. The first kappa shape index (κ1) is 18.9. The van der Waals surface area contributed by atoms with Crippen LogP contribution < -0.4 is 5.32 Å². The second-order valence-electron chi connectivity index (χ2n) is 6.67. The van der Waals surface area contributed by atoms with Gasteiger partial charge in [-0.25, -0.2) is 4.39 Å². The van der Waals surface area contributed by atoms with Gasteiger partial charge in [0.15, 0.2) is 5.11 Å². The number of nitrogens with zero attached hydrogens (tertiary/aromatic N) is 2. The minimum Gasteiger partial charge on any atom is -0.467 e. The van der Waals surface area contributed by atoms with Crippen molar-refractivity contribution in [1.82, 2.24) is 9.80 Å². The number of benzene rings is 1. The van der Waals surface area contributed by atoms with E-state index in [0.29, 0.717) is 17.3 Å². The third kappa shape index (κ3) is 5.54. The molecule has 140 valence electrons. The molecule has 26 heavy (non-hydrogen) atoms. The average molecular weight is 376 g/mol. The molecular formula is C20H26FN3OS. The van der Waals surface area contributed by atoms with Crippen molar-refractivity contribution in [3.05, 3.63) is 54.2 Å². The molecule has 1 aromatic carbocycles. The van der Waals surface area contributed by atoms with Gasteiger partial charge in [0.2, 0.25) is 0 Å². The molecule has 1 fully saturated rings. The number of para-hydroxylation sites is 1. The molecule has 1 N–H and O–H groups in total. The fourth-order valence-corrected chi connectivity index (χ4v) is 3.49. The molecule has 1 saturated heterocycles. The molecule has 0 atom stereocenters. The van der Waals surface area contributed by atoms with Crippen LogP contribution in [0.25, 0.3) is 0 Å². The molecule has 1 aromatic heterocycles. The van der Waals surface area contributed by atoms with E-state index >= 15 is 0 Å². The smallest absolute Gasteiger partial charge is 0.173 e. The summed E-state index contributed by atoms with van der Waals surface area (Å²) in [5.41, 5.74) is 0.400. The summed E-state index contributed by atoms with van der Waals surface area (Å²) in [6.07, 6.45) is 6.82. The fraction of sp³-hybridized carbons (Fsp3) is 0.450. The zero-order valence-electron chi connectivity index (χ0n) is 15.0. The van der Waals surface area contributed by atoms with E-state index in [0.717, 1.165) is 31.9 Å². The molecule has 0 saturated carbocycles. The van der Waals surface area contributed by atoms with Crippen LogP contribution in [-0.2, 0) is 6.54 Å². The quantitative estimate of drug-likeness (QED) is 0.752. The summed E-state index contributed by atoms with van der Waals surface area (Å²) < 4.78 is 19.4. The summed E-state index contributed by atoms with van der Waals surface area (Å²) in [5.74, 6) is 0.541. The first-order valence-electron chi connectivity index (χ1n) is 9.27. The Morgan fingerprint density at radius 2 is 1.88 bits per heavy atom. The Kier molecular flexibility index (Phi) is 7.03. The van der Waals surface area contributed by atoms with Crippen molar-refractivity contribution < 1.29 is 8.81 Å². The molecule has 3 rings (SSSR count). The zero-order chi connectivity index (χ0) is 18.2. The van der Waals surface area contributed by atoms with Crippen LogP contribution >= 0.6 is 12.2 Å². The van der Waals surface area contributed by atoms with Crippen molar-refractivity contribution in [2.24, 2.45) is 0 Å². The van der Waals surface area contributed by atoms with Crippen molar-refractivity contribution in [3.63, 3.8) is 0 Å². The maximum atomic E-state index is 13.9. The molecule has 1 aliphatic rings. The van der Waals surface area contributed by atoms with Gasteiger partial charge >= 0.3 is 0 Å². The van der Waals surface area contributed by atoms with Crippen LogP contribution in [-0.4, -0.2) is 41.1 Å². The minimum atomic E-state index is -0.305. The highest BCUT2D eigenvalue weighted by atomic mass is 32.1. The second kappa shape index (κ2) is 9.69. The first-order valence-corrected chi connectivity index (χ1v) is 9.68. The normalized spacial score (nSPS) is 15.4. The lowest BCUT2D eigenvalue weighted by Crippen LogP contribution is -2.40. The first-order chi connectivity index (χ1) is 12.7. The van der Waals surface area contributed by atoms with E-state index in [-0.39, 0.29) is 5.82 Å². The molecule has 0 amide bonds. The number of halogens is 1. The third-order valence-electron chi connectivity index (χ3n) is 4.71. The van der Waals surface area contributed by atoms with Gasteiger partial charge in [-0.15, -0.1) is 0 Å².